The number of nitrogens with zero attached hydrogens (tertiary/aromatic N) is 1. The number of hydrogen-bond donors (Lipinski definition) is 0. The molecule has 0 aliphatic carbocycles. The zero-order valence-corrected chi connectivity index (χ0v) is 18.7. The maximum absolute atomic E-state index is 14.8. The predicted octanol–water partition coefficient (Wildman–Crippen LogP) is 6.02. The van der Waals surface area contributed by atoms with Crippen molar-refractivity contribution in [2.45, 2.75) is 24.0 Å². The molecule has 1 heterocycles. The van der Waals surface area contributed by atoms with E-state index in [1.807, 2.05) is 12.1 Å². The lowest BCUT2D eigenvalue weighted by molar-refractivity contribution is 0.419. The SMILES string of the molecule is COc1cccc2c(-c3cc(Oc4cccc(S(=O)(=O)C(C)C)c4)ccc3F)ccnc12. The first kappa shape index (κ1) is 21.8. The first-order valence-electron chi connectivity index (χ1n) is 10.0. The average Bonchev–Trinajstić information content (AvgIpc) is 2.79. The number of pyridine rings is 1. The van der Waals surface area contributed by atoms with Gasteiger partial charge in [0.15, 0.2) is 9.84 Å². The Balaban J connectivity index is 1.75. The molecule has 0 amide bonds. The highest BCUT2D eigenvalue weighted by molar-refractivity contribution is 7.92. The van der Waals surface area contributed by atoms with Crippen molar-refractivity contribution < 1.29 is 22.3 Å². The molecule has 3 aromatic carbocycles. The summed E-state index contributed by atoms with van der Waals surface area (Å²) in [5.41, 5.74) is 1.62. The van der Waals surface area contributed by atoms with Crippen molar-refractivity contribution in [1.29, 1.82) is 0 Å². The van der Waals surface area contributed by atoms with Gasteiger partial charge in [-0.15, -0.1) is 0 Å². The van der Waals surface area contributed by atoms with Gasteiger partial charge in [-0.25, -0.2) is 12.8 Å². The molecule has 164 valence electrons. The Morgan fingerprint density at radius 1 is 0.906 bits per heavy atom. The smallest absolute Gasteiger partial charge is 0.180 e. The molecule has 0 fully saturated rings. The highest BCUT2D eigenvalue weighted by atomic mass is 32.2. The molecule has 1 aromatic heterocycles. The standard InChI is InChI=1S/C25H22FNO4S/c1-16(2)32(28,29)19-7-4-6-17(14-19)31-18-10-11-23(26)22(15-18)20-12-13-27-25-21(20)8-5-9-24(25)30-3/h4-16H,1-3H3. The van der Waals surface area contributed by atoms with Crippen molar-refractivity contribution in [3.63, 3.8) is 0 Å². The van der Waals surface area contributed by atoms with Crippen molar-refractivity contribution in [2.24, 2.45) is 0 Å². The van der Waals surface area contributed by atoms with E-state index < -0.39 is 20.9 Å². The van der Waals surface area contributed by atoms with Crippen LogP contribution >= 0.6 is 0 Å². The highest BCUT2D eigenvalue weighted by Crippen LogP contribution is 2.36. The van der Waals surface area contributed by atoms with Crippen LogP contribution in [0, 0.1) is 5.82 Å². The van der Waals surface area contributed by atoms with E-state index in [-0.39, 0.29) is 4.90 Å². The molecule has 0 atom stereocenters. The Bertz CT molecular complexity index is 1400. The largest absolute Gasteiger partial charge is 0.494 e. The summed E-state index contributed by atoms with van der Waals surface area (Å²) in [4.78, 5) is 4.55. The van der Waals surface area contributed by atoms with Crippen LogP contribution in [0.3, 0.4) is 0 Å². The molecule has 0 saturated heterocycles. The second-order valence-corrected chi connectivity index (χ2v) is 10.0. The molecule has 4 rings (SSSR count). The van der Waals surface area contributed by atoms with Gasteiger partial charge in [-0.1, -0.05) is 18.2 Å². The van der Waals surface area contributed by atoms with Crippen LogP contribution in [0.4, 0.5) is 4.39 Å². The van der Waals surface area contributed by atoms with Crippen molar-refractivity contribution in [2.75, 3.05) is 7.11 Å². The van der Waals surface area contributed by atoms with Gasteiger partial charge in [-0.05, 0) is 67.9 Å². The molecule has 0 bridgehead atoms. The first-order chi connectivity index (χ1) is 15.3. The number of aromatic nitrogens is 1. The second-order valence-electron chi connectivity index (χ2n) is 7.53. The fourth-order valence-corrected chi connectivity index (χ4v) is 4.54. The minimum atomic E-state index is -3.44. The summed E-state index contributed by atoms with van der Waals surface area (Å²) in [6.07, 6.45) is 1.60. The van der Waals surface area contributed by atoms with E-state index in [2.05, 4.69) is 4.98 Å². The second kappa shape index (κ2) is 8.59. The molecule has 0 saturated carbocycles. The van der Waals surface area contributed by atoms with Gasteiger partial charge in [-0.3, -0.25) is 4.98 Å². The number of methoxy groups -OCH3 is 1. The summed E-state index contributed by atoms with van der Waals surface area (Å²) in [5, 5.41) is 0.195. The maximum Gasteiger partial charge on any atom is 0.180 e. The minimum absolute atomic E-state index is 0.180. The van der Waals surface area contributed by atoms with Crippen LogP contribution in [0.5, 0.6) is 17.2 Å². The Labute approximate surface area is 186 Å². The predicted molar refractivity (Wildman–Crippen MR) is 123 cm³/mol. The third-order valence-electron chi connectivity index (χ3n) is 5.17. The van der Waals surface area contributed by atoms with Crippen LogP contribution in [0.25, 0.3) is 22.0 Å². The zero-order chi connectivity index (χ0) is 22.9. The molecule has 0 aliphatic heterocycles. The molecule has 7 heteroatoms. The Morgan fingerprint density at radius 3 is 2.41 bits per heavy atom. The van der Waals surface area contributed by atoms with Crippen LogP contribution in [0.1, 0.15) is 13.8 Å². The number of para-hydroxylation sites is 1. The van der Waals surface area contributed by atoms with E-state index in [1.165, 1.54) is 24.3 Å². The summed E-state index contributed by atoms with van der Waals surface area (Å²) < 4.78 is 51.1. The average molecular weight is 452 g/mol. The van der Waals surface area contributed by atoms with Gasteiger partial charge in [-0.2, -0.15) is 0 Å². The van der Waals surface area contributed by atoms with E-state index in [0.29, 0.717) is 33.9 Å². The molecule has 4 aromatic rings. The fourth-order valence-electron chi connectivity index (χ4n) is 3.45. The molecule has 0 unspecified atom stereocenters. The molecule has 0 spiro atoms. The Kier molecular flexibility index (Phi) is 5.84. The minimum Gasteiger partial charge on any atom is -0.494 e. The summed E-state index contributed by atoms with van der Waals surface area (Å²) in [5.74, 6) is 0.919. The van der Waals surface area contributed by atoms with Crippen molar-refractivity contribution in [3.8, 4) is 28.4 Å². The number of rotatable bonds is 6. The van der Waals surface area contributed by atoms with Gasteiger partial charge in [0, 0.05) is 17.1 Å². The van der Waals surface area contributed by atoms with E-state index in [1.54, 1.807) is 57.5 Å². The van der Waals surface area contributed by atoms with E-state index in [0.717, 1.165) is 5.39 Å². The van der Waals surface area contributed by atoms with Crippen molar-refractivity contribution >= 4 is 20.7 Å². The highest BCUT2D eigenvalue weighted by Gasteiger charge is 2.20. The van der Waals surface area contributed by atoms with Crippen LogP contribution in [-0.4, -0.2) is 25.8 Å². The topological polar surface area (TPSA) is 65.5 Å². The van der Waals surface area contributed by atoms with E-state index in [9.17, 15) is 12.8 Å². The molecular formula is C25H22FNO4S. The van der Waals surface area contributed by atoms with Crippen LogP contribution in [-0.2, 0) is 9.84 Å². The lowest BCUT2D eigenvalue weighted by atomic mass is 10.0. The first-order valence-corrected chi connectivity index (χ1v) is 11.6. The van der Waals surface area contributed by atoms with Crippen LogP contribution in [0.2, 0.25) is 0 Å². The van der Waals surface area contributed by atoms with Gasteiger partial charge in [0.25, 0.3) is 0 Å². The molecule has 0 radical (unpaired) electrons. The van der Waals surface area contributed by atoms with Gasteiger partial charge in [0.05, 0.1) is 17.3 Å². The quantitative estimate of drug-likeness (QED) is 0.358. The summed E-state index contributed by atoms with van der Waals surface area (Å²) in [6, 6.07) is 17.9. The Morgan fingerprint density at radius 2 is 1.66 bits per heavy atom. The van der Waals surface area contributed by atoms with Crippen LogP contribution < -0.4 is 9.47 Å². The van der Waals surface area contributed by atoms with E-state index in [4.69, 9.17) is 9.47 Å². The molecular weight excluding hydrogens is 429 g/mol. The third kappa shape index (κ3) is 4.03. The summed E-state index contributed by atoms with van der Waals surface area (Å²) in [7, 11) is -1.88. The molecule has 0 aliphatic rings. The van der Waals surface area contributed by atoms with Crippen molar-refractivity contribution in [1.82, 2.24) is 4.98 Å². The monoisotopic (exact) mass is 451 g/mol. The molecule has 32 heavy (non-hydrogen) atoms. The summed E-state index contributed by atoms with van der Waals surface area (Å²) >= 11 is 0. The molecule has 0 N–H and O–H groups in total. The maximum atomic E-state index is 14.8. The van der Waals surface area contributed by atoms with Gasteiger partial charge < -0.3 is 9.47 Å². The van der Waals surface area contributed by atoms with E-state index >= 15 is 0 Å². The Hall–Kier alpha value is -3.45. The number of hydrogen-bond acceptors (Lipinski definition) is 5. The zero-order valence-electron chi connectivity index (χ0n) is 17.9. The number of fused-ring (bicyclic) bond motifs is 1. The lowest BCUT2D eigenvalue weighted by Crippen LogP contribution is -2.13. The number of sulfone groups is 1. The van der Waals surface area contributed by atoms with Gasteiger partial charge in [0.2, 0.25) is 0 Å². The van der Waals surface area contributed by atoms with Crippen molar-refractivity contribution in [3.05, 3.63) is 78.7 Å². The third-order valence-corrected chi connectivity index (χ3v) is 7.32. The van der Waals surface area contributed by atoms with Crippen LogP contribution in [0.15, 0.2) is 77.8 Å². The normalized spacial score (nSPS) is 11.7. The number of halogens is 1. The number of ether oxygens (including phenoxy) is 2. The summed E-state index contributed by atoms with van der Waals surface area (Å²) in [6.45, 7) is 3.26. The lowest BCUT2D eigenvalue weighted by Gasteiger charge is -2.13. The number of benzene rings is 3. The molecule has 5 nitrogen and oxygen atoms in total. The van der Waals surface area contributed by atoms with Gasteiger partial charge in [0.1, 0.15) is 28.6 Å². The fraction of sp³-hybridized carbons (Fsp3) is 0.160. The van der Waals surface area contributed by atoms with Gasteiger partial charge >= 0.3 is 0 Å².